The Balaban J connectivity index is 2.01. The highest BCUT2D eigenvalue weighted by molar-refractivity contribution is 9.10. The molecule has 2 aromatic rings. The van der Waals surface area contributed by atoms with E-state index in [2.05, 4.69) is 26.1 Å². The van der Waals surface area contributed by atoms with Crippen molar-refractivity contribution in [1.29, 1.82) is 0 Å². The maximum atomic E-state index is 11.9. The topological polar surface area (TPSA) is 51.0 Å². The molecule has 5 nitrogen and oxygen atoms in total. The molecule has 0 spiro atoms. The number of carbonyl (C=O) groups is 1. The van der Waals surface area contributed by atoms with Gasteiger partial charge in [0.2, 0.25) is 0 Å². The number of hydrogen-bond donors (Lipinski definition) is 0. The van der Waals surface area contributed by atoms with E-state index in [1.165, 1.54) is 17.7 Å². The average molecular weight is 328 g/mol. The van der Waals surface area contributed by atoms with Crippen molar-refractivity contribution < 1.29 is 4.79 Å². The number of aromatic nitrogens is 3. The first-order valence-corrected chi connectivity index (χ1v) is 6.49. The molecule has 2 atom stereocenters. The Labute approximate surface area is 116 Å². The maximum Gasteiger partial charge on any atom is 0.262 e. The van der Waals surface area contributed by atoms with Gasteiger partial charge < -0.3 is 0 Å². The zero-order valence-corrected chi connectivity index (χ0v) is 11.4. The molecular weight excluding hydrogens is 320 g/mol. The second-order valence-electron chi connectivity index (χ2n) is 3.89. The molecular formula is C11H8BrClN4O. The van der Waals surface area contributed by atoms with Gasteiger partial charge in [-0.1, -0.05) is 34.1 Å². The second kappa shape index (κ2) is 4.37. The molecule has 1 aliphatic rings. The third-order valence-electron chi connectivity index (χ3n) is 2.88. The van der Waals surface area contributed by atoms with Gasteiger partial charge in [-0.3, -0.25) is 4.79 Å². The minimum Gasteiger partial charge on any atom is -0.271 e. The number of benzene rings is 1. The lowest BCUT2D eigenvalue weighted by Crippen LogP contribution is -2.61. The molecule has 1 aromatic heterocycles. The highest BCUT2D eigenvalue weighted by Gasteiger charge is 2.49. The maximum absolute atomic E-state index is 11.9. The van der Waals surface area contributed by atoms with Crippen molar-refractivity contribution >= 4 is 33.4 Å². The third-order valence-corrected chi connectivity index (χ3v) is 4.03. The Hall–Kier alpha value is -1.40. The number of β-lactam (4-membered cyclic amide) rings is 1. The fourth-order valence-electron chi connectivity index (χ4n) is 2.01. The lowest BCUT2D eigenvalue weighted by atomic mass is 9.95. The van der Waals surface area contributed by atoms with Crippen molar-refractivity contribution in [2.45, 2.75) is 11.4 Å². The molecule has 0 aliphatic carbocycles. The monoisotopic (exact) mass is 326 g/mol. The van der Waals surface area contributed by atoms with Gasteiger partial charge >= 0.3 is 0 Å². The fraction of sp³-hybridized carbons (Fsp3) is 0.182. The minimum absolute atomic E-state index is 0.155. The number of nitrogens with zero attached hydrogens (tertiary/aromatic N) is 4. The summed E-state index contributed by atoms with van der Waals surface area (Å²) < 4.78 is 2.47. The average Bonchev–Trinajstić information content (AvgIpc) is 2.89. The van der Waals surface area contributed by atoms with Crippen LogP contribution in [-0.2, 0) is 4.79 Å². The molecule has 1 amide bonds. The molecule has 0 radical (unpaired) electrons. The first-order chi connectivity index (χ1) is 8.70. The molecule has 1 saturated heterocycles. The van der Waals surface area contributed by atoms with Crippen LogP contribution in [-0.4, -0.2) is 26.2 Å². The Bertz CT molecular complexity index is 588. The molecule has 2 heterocycles. The molecule has 7 heteroatoms. The van der Waals surface area contributed by atoms with Crippen LogP contribution in [0.3, 0.4) is 0 Å². The zero-order valence-electron chi connectivity index (χ0n) is 9.07. The normalized spacial score (nSPS) is 23.0. The molecule has 0 bridgehead atoms. The summed E-state index contributed by atoms with van der Waals surface area (Å²) in [6.07, 6.45) is 2.95. The lowest BCUT2D eigenvalue weighted by molar-refractivity contribution is -0.126. The summed E-state index contributed by atoms with van der Waals surface area (Å²) in [4.78, 5) is 11.9. The number of amides is 1. The summed E-state index contributed by atoms with van der Waals surface area (Å²) >= 11 is 9.59. The number of halogens is 2. The van der Waals surface area contributed by atoms with Gasteiger partial charge in [-0.25, -0.2) is 9.69 Å². The molecule has 0 N–H and O–H groups in total. The smallest absolute Gasteiger partial charge is 0.262 e. The summed E-state index contributed by atoms with van der Waals surface area (Å²) in [5, 5.41) is 8.37. The first-order valence-electron chi connectivity index (χ1n) is 5.26. The van der Waals surface area contributed by atoms with Gasteiger partial charge in [0, 0.05) is 4.47 Å². The summed E-state index contributed by atoms with van der Waals surface area (Å²) in [6, 6.07) is 7.47. The van der Waals surface area contributed by atoms with Crippen LogP contribution in [0, 0.1) is 0 Å². The summed E-state index contributed by atoms with van der Waals surface area (Å²) in [5.41, 5.74) is 0.964. The van der Waals surface area contributed by atoms with E-state index >= 15 is 0 Å². The molecule has 2 unspecified atom stereocenters. The molecule has 0 saturated carbocycles. The van der Waals surface area contributed by atoms with E-state index in [-0.39, 0.29) is 11.9 Å². The fourth-order valence-corrected chi connectivity index (χ4v) is 2.87. The largest absolute Gasteiger partial charge is 0.271 e. The summed E-state index contributed by atoms with van der Waals surface area (Å²) in [6.45, 7) is 0. The first kappa shape index (κ1) is 11.7. The second-order valence-corrected chi connectivity index (χ2v) is 5.22. The van der Waals surface area contributed by atoms with E-state index in [0.29, 0.717) is 0 Å². The molecule has 18 heavy (non-hydrogen) atoms. The summed E-state index contributed by atoms with van der Waals surface area (Å²) in [5.74, 6) is -0.155. The van der Waals surface area contributed by atoms with Crippen LogP contribution < -0.4 is 5.01 Å². The standard InChI is InChI=1S/C11H8BrClN4O/c12-8-4-2-1-3-7(8)10-9(13)11(18)17(10)16-5-14-15-6-16/h1-6,9-10H. The predicted octanol–water partition coefficient (Wildman–Crippen LogP) is 1.87. The number of carbonyl (C=O) groups excluding carboxylic acids is 1. The van der Waals surface area contributed by atoms with Crippen molar-refractivity contribution in [2.24, 2.45) is 0 Å². The van der Waals surface area contributed by atoms with Gasteiger partial charge in [0.15, 0.2) is 0 Å². The Kier molecular flexibility index (Phi) is 2.83. The summed E-state index contributed by atoms with van der Waals surface area (Å²) in [7, 11) is 0. The van der Waals surface area contributed by atoms with Gasteiger partial charge in [0.05, 0.1) is 0 Å². The minimum atomic E-state index is -0.564. The zero-order chi connectivity index (χ0) is 12.7. The highest BCUT2D eigenvalue weighted by Crippen LogP contribution is 2.39. The van der Waals surface area contributed by atoms with Gasteiger partial charge in [0.25, 0.3) is 5.91 Å². The highest BCUT2D eigenvalue weighted by atomic mass is 79.9. The molecule has 3 rings (SSSR count). The van der Waals surface area contributed by atoms with Crippen LogP contribution in [0.2, 0.25) is 0 Å². The van der Waals surface area contributed by atoms with Crippen molar-refractivity contribution in [1.82, 2.24) is 14.9 Å². The SMILES string of the molecule is O=C1C(Cl)C(c2ccccc2Br)N1n1cnnc1. The van der Waals surface area contributed by atoms with Crippen molar-refractivity contribution in [2.75, 3.05) is 5.01 Å². The van der Waals surface area contributed by atoms with E-state index in [1.807, 2.05) is 24.3 Å². The molecule has 1 aromatic carbocycles. The van der Waals surface area contributed by atoms with Crippen LogP contribution in [0.15, 0.2) is 41.4 Å². The molecule has 92 valence electrons. The van der Waals surface area contributed by atoms with Crippen LogP contribution in [0.5, 0.6) is 0 Å². The van der Waals surface area contributed by atoms with Crippen LogP contribution >= 0.6 is 27.5 Å². The Morgan fingerprint density at radius 2 is 1.89 bits per heavy atom. The lowest BCUT2D eigenvalue weighted by Gasteiger charge is -2.44. The van der Waals surface area contributed by atoms with Crippen LogP contribution in [0.4, 0.5) is 0 Å². The third kappa shape index (κ3) is 1.64. The van der Waals surface area contributed by atoms with Crippen LogP contribution in [0.1, 0.15) is 11.6 Å². The van der Waals surface area contributed by atoms with Gasteiger partial charge in [-0.15, -0.1) is 21.8 Å². The molecule has 1 fully saturated rings. The van der Waals surface area contributed by atoms with Crippen molar-refractivity contribution in [3.63, 3.8) is 0 Å². The number of rotatable bonds is 2. The Morgan fingerprint density at radius 3 is 2.56 bits per heavy atom. The van der Waals surface area contributed by atoms with Gasteiger partial charge in [-0.05, 0) is 11.6 Å². The Morgan fingerprint density at radius 1 is 1.22 bits per heavy atom. The number of alkyl halides is 1. The van der Waals surface area contributed by atoms with Gasteiger partial charge in [0.1, 0.15) is 24.1 Å². The van der Waals surface area contributed by atoms with E-state index in [0.717, 1.165) is 10.0 Å². The number of hydrogen-bond acceptors (Lipinski definition) is 3. The van der Waals surface area contributed by atoms with Gasteiger partial charge in [-0.2, -0.15) is 0 Å². The van der Waals surface area contributed by atoms with E-state index < -0.39 is 5.38 Å². The van der Waals surface area contributed by atoms with Crippen molar-refractivity contribution in [3.05, 3.63) is 47.0 Å². The van der Waals surface area contributed by atoms with Crippen molar-refractivity contribution in [3.8, 4) is 0 Å². The van der Waals surface area contributed by atoms with E-state index in [4.69, 9.17) is 11.6 Å². The quantitative estimate of drug-likeness (QED) is 0.625. The van der Waals surface area contributed by atoms with E-state index in [1.54, 1.807) is 4.68 Å². The van der Waals surface area contributed by atoms with E-state index in [9.17, 15) is 4.79 Å². The van der Waals surface area contributed by atoms with Crippen LogP contribution in [0.25, 0.3) is 0 Å². The molecule has 1 aliphatic heterocycles. The predicted molar refractivity (Wildman–Crippen MR) is 69.8 cm³/mol.